The van der Waals surface area contributed by atoms with Gasteiger partial charge >= 0.3 is 5.97 Å². The molecule has 1 amide bonds. The number of esters is 1. The maximum Gasteiger partial charge on any atom is 0.308 e. The number of hydrogen-bond acceptors (Lipinski definition) is 18. The molecule has 0 aromatic heterocycles. The Hall–Kier alpha value is -3.48. The Morgan fingerprint density at radius 3 is 1.97 bits per heavy atom. The van der Waals surface area contributed by atoms with Crippen LogP contribution in [0.2, 0.25) is 0 Å². The van der Waals surface area contributed by atoms with E-state index >= 15 is 0 Å². The summed E-state index contributed by atoms with van der Waals surface area (Å²) in [6.45, 7) is 3.98. The van der Waals surface area contributed by atoms with Crippen LogP contribution in [0.15, 0.2) is 85.1 Å². The van der Waals surface area contributed by atoms with E-state index in [-0.39, 0.29) is 51.2 Å². The van der Waals surface area contributed by atoms with Crippen LogP contribution in [0.5, 0.6) is 0 Å². The van der Waals surface area contributed by atoms with Crippen LogP contribution in [0.25, 0.3) is 0 Å². The maximum absolute atomic E-state index is 13.8. The fraction of sp³-hybridized carbons (Fsp3) is 0.680. The minimum Gasteiger partial charge on any atom is -0.462 e. The number of cyclic esters (lactones) is 1. The van der Waals surface area contributed by atoms with Gasteiger partial charge in [-0.25, -0.2) is 0 Å². The van der Waals surface area contributed by atoms with Crippen molar-refractivity contribution < 1.29 is 79.6 Å². The Labute approximate surface area is 406 Å². The van der Waals surface area contributed by atoms with Gasteiger partial charge in [0.15, 0.2) is 12.1 Å². The zero-order valence-electron chi connectivity index (χ0n) is 40.0. The molecule has 3 aliphatic rings. The molecule has 2 fully saturated rings. The minimum absolute atomic E-state index is 0.0893. The molecule has 392 valence electrons. The van der Waals surface area contributed by atoms with Crippen LogP contribution < -0.4 is 16.8 Å². The standard InChI is InChI=1S/C50H81N3O16/c1-32-18-14-11-9-7-5-3-4-6-8-10-12-15-19-37(68-49-47(63)46(52)42(61)31-66-49)28-43-45(48(64)53-23-17-13-16-22-51)41(60)30-50(65,69-43)29-36(56)26-40(59)38(57)21-20-34(54)25-35(55)27-44(62)67-33(2)24-39(32)58/h3-12,14-15,18-19,32-43,45-47,49,54-61,63,65H,13,16-17,20-31,51-52H2,1-2H3,(H,53,64)/b4-3+,7-5+,8-6+,11-9+,12-10+,18-14+,19-15+/t32-,33-,34?,35?,36?,37?,38+,39-,40+,41-,42+,43-,45?,46-,47-,49-,50?/m0/s1. The van der Waals surface area contributed by atoms with Crippen LogP contribution in [0, 0.1) is 11.8 Å². The van der Waals surface area contributed by atoms with Crippen LogP contribution in [-0.2, 0) is 28.5 Å². The molecule has 0 spiro atoms. The number of aliphatic hydroxyl groups excluding tert-OH is 9. The van der Waals surface area contributed by atoms with Crippen molar-refractivity contribution in [1.29, 1.82) is 0 Å². The number of nitrogens with one attached hydrogen (secondary N) is 1. The number of amides is 1. The molecule has 0 aromatic carbocycles. The molecule has 0 aliphatic carbocycles. The number of aliphatic hydroxyl groups is 10. The predicted molar refractivity (Wildman–Crippen MR) is 256 cm³/mol. The molecular formula is C50H81N3O16. The third-order valence-electron chi connectivity index (χ3n) is 12.2. The van der Waals surface area contributed by atoms with Crippen LogP contribution in [-0.4, -0.2) is 174 Å². The van der Waals surface area contributed by atoms with Crippen molar-refractivity contribution >= 4 is 11.9 Å². The summed E-state index contributed by atoms with van der Waals surface area (Å²) in [4.78, 5) is 26.3. The number of allylic oxidation sites excluding steroid dienone is 12. The van der Waals surface area contributed by atoms with Crippen molar-refractivity contribution in [2.45, 2.75) is 182 Å². The summed E-state index contributed by atoms with van der Waals surface area (Å²) >= 11 is 0. The van der Waals surface area contributed by atoms with Gasteiger partial charge in [0.1, 0.15) is 12.2 Å². The Morgan fingerprint density at radius 1 is 0.710 bits per heavy atom. The molecule has 19 heteroatoms. The van der Waals surface area contributed by atoms with Crippen molar-refractivity contribution in [2.24, 2.45) is 23.3 Å². The zero-order chi connectivity index (χ0) is 50.9. The van der Waals surface area contributed by atoms with Gasteiger partial charge in [-0.15, -0.1) is 0 Å². The van der Waals surface area contributed by atoms with Gasteiger partial charge in [-0.2, -0.15) is 0 Å². The Kier molecular flexibility index (Phi) is 27.5. The molecule has 69 heavy (non-hydrogen) atoms. The first-order chi connectivity index (χ1) is 32.8. The van der Waals surface area contributed by atoms with Crippen molar-refractivity contribution in [3.63, 3.8) is 0 Å². The van der Waals surface area contributed by atoms with Crippen molar-refractivity contribution in [1.82, 2.24) is 5.32 Å². The lowest BCUT2D eigenvalue weighted by Crippen LogP contribution is -2.59. The van der Waals surface area contributed by atoms with E-state index in [9.17, 15) is 60.7 Å². The number of fused-ring (bicyclic) bond motifs is 2. The second-order valence-electron chi connectivity index (χ2n) is 18.5. The smallest absolute Gasteiger partial charge is 0.308 e. The quantitative estimate of drug-likeness (QED) is 0.114. The summed E-state index contributed by atoms with van der Waals surface area (Å²) in [5.74, 6) is -5.05. The molecule has 2 saturated heterocycles. The molecular weight excluding hydrogens is 899 g/mol. The lowest BCUT2D eigenvalue weighted by Gasteiger charge is -2.45. The number of hydrogen-bond donors (Lipinski definition) is 13. The molecule has 0 aromatic rings. The summed E-state index contributed by atoms with van der Waals surface area (Å²) in [6, 6.07) is -1.10. The summed E-state index contributed by atoms with van der Waals surface area (Å²) < 4.78 is 23.3. The highest BCUT2D eigenvalue weighted by Gasteiger charge is 2.50. The first kappa shape index (κ1) is 59.8. The summed E-state index contributed by atoms with van der Waals surface area (Å²) in [6.07, 6.45) is 8.16. The normalized spacial score (nSPS) is 41.3. The van der Waals surface area contributed by atoms with E-state index in [1.807, 2.05) is 37.3 Å². The van der Waals surface area contributed by atoms with Crippen molar-refractivity contribution in [2.75, 3.05) is 19.7 Å². The van der Waals surface area contributed by atoms with Crippen LogP contribution >= 0.6 is 0 Å². The average molecular weight is 980 g/mol. The molecule has 3 rings (SSSR count). The van der Waals surface area contributed by atoms with E-state index in [4.69, 9.17) is 30.4 Å². The topological polar surface area (TPSA) is 337 Å². The average Bonchev–Trinajstić information content (AvgIpc) is 3.27. The molecule has 15 N–H and O–H groups in total. The van der Waals surface area contributed by atoms with E-state index in [1.165, 1.54) is 0 Å². The minimum atomic E-state index is -2.26. The second kappa shape index (κ2) is 31.8. The third kappa shape index (κ3) is 22.6. The molecule has 2 bridgehead atoms. The third-order valence-corrected chi connectivity index (χ3v) is 12.2. The van der Waals surface area contributed by atoms with Crippen LogP contribution in [0.3, 0.4) is 0 Å². The van der Waals surface area contributed by atoms with E-state index in [2.05, 4.69) is 5.32 Å². The molecule has 0 saturated carbocycles. The number of unbranched alkanes of at least 4 members (excludes halogenated alkanes) is 2. The van der Waals surface area contributed by atoms with E-state index in [0.717, 1.165) is 12.8 Å². The second-order valence-corrected chi connectivity index (χ2v) is 18.5. The highest BCUT2D eigenvalue weighted by molar-refractivity contribution is 5.80. The number of nitrogens with two attached hydrogens (primary N) is 2. The lowest BCUT2D eigenvalue weighted by atomic mass is 9.82. The maximum atomic E-state index is 13.8. The van der Waals surface area contributed by atoms with E-state index in [1.54, 1.807) is 61.6 Å². The van der Waals surface area contributed by atoms with Gasteiger partial charge in [0, 0.05) is 44.6 Å². The molecule has 3 heterocycles. The fourth-order valence-electron chi connectivity index (χ4n) is 8.29. The number of carbonyl (C=O) groups is 2. The Bertz CT molecular complexity index is 1710. The molecule has 3 aliphatic heterocycles. The van der Waals surface area contributed by atoms with Gasteiger partial charge in [0.05, 0.1) is 86.0 Å². The monoisotopic (exact) mass is 980 g/mol. The summed E-state index contributed by atoms with van der Waals surface area (Å²) in [7, 11) is 0. The number of rotatable bonds is 8. The number of carbonyl (C=O) groups excluding carboxylic acids is 2. The SMILES string of the molecule is C[C@H]1C[C@H](O)[C@@H](C)/C=C/C=C/C=C/C=C/C=C/C=C/C=C/C(O[C@@H]2OC[C@@H](O)[C@H](N)[C@@H]2O)C[C@@H]2OC(O)(CC(O)C[C@@H](O)[C@H](O)CCC(O)CC(O)CC(=O)O1)C[C@H](O)C2C(=O)NCCCCCN. The zero-order valence-corrected chi connectivity index (χ0v) is 40.0. The summed E-state index contributed by atoms with van der Waals surface area (Å²) in [5, 5.41) is 112. The first-order valence-corrected chi connectivity index (χ1v) is 24.2. The largest absolute Gasteiger partial charge is 0.462 e. The highest BCUT2D eigenvalue weighted by atomic mass is 16.7. The Balaban J connectivity index is 1.89. The van der Waals surface area contributed by atoms with E-state index < -0.39 is 135 Å². The predicted octanol–water partition coefficient (Wildman–Crippen LogP) is 0.238. The Morgan fingerprint density at radius 2 is 1.33 bits per heavy atom. The molecule has 6 unspecified atom stereocenters. The van der Waals surface area contributed by atoms with Gasteiger partial charge in [0.25, 0.3) is 0 Å². The van der Waals surface area contributed by atoms with Gasteiger partial charge < -0.3 is 86.8 Å². The highest BCUT2D eigenvalue weighted by Crippen LogP contribution is 2.38. The van der Waals surface area contributed by atoms with Crippen LogP contribution in [0.4, 0.5) is 0 Å². The molecule has 19 nitrogen and oxygen atoms in total. The fourth-order valence-corrected chi connectivity index (χ4v) is 8.29. The van der Waals surface area contributed by atoms with Gasteiger partial charge in [-0.05, 0) is 45.6 Å². The molecule has 0 radical (unpaired) electrons. The van der Waals surface area contributed by atoms with Gasteiger partial charge in [-0.3, -0.25) is 9.59 Å². The first-order valence-electron chi connectivity index (χ1n) is 24.2. The van der Waals surface area contributed by atoms with Gasteiger partial charge in [-0.1, -0.05) is 98.4 Å². The summed E-state index contributed by atoms with van der Waals surface area (Å²) in [5.41, 5.74) is 11.6. The number of ether oxygens (including phenoxy) is 4. The van der Waals surface area contributed by atoms with Crippen molar-refractivity contribution in [3.05, 3.63) is 85.1 Å². The lowest BCUT2D eigenvalue weighted by molar-refractivity contribution is -0.304. The van der Waals surface area contributed by atoms with Crippen LogP contribution in [0.1, 0.15) is 90.9 Å². The van der Waals surface area contributed by atoms with Crippen molar-refractivity contribution in [3.8, 4) is 0 Å². The molecule has 17 atom stereocenters. The van der Waals surface area contributed by atoms with Gasteiger partial charge in [0.2, 0.25) is 5.91 Å². The van der Waals surface area contributed by atoms with E-state index in [0.29, 0.717) is 13.0 Å².